The Hall–Kier alpha value is -1.08. The number of hydrogen-bond acceptors (Lipinski definition) is 5. The molecule has 6 heteroatoms. The fraction of sp³-hybridized carbons (Fsp3) is 0.533. The number of carbonyl (C=O) groups excluding carboxylic acids is 1. The number of aliphatic hydroxyl groups is 1. The van der Waals surface area contributed by atoms with Crippen molar-refractivity contribution in [3.05, 3.63) is 35.4 Å². The van der Waals surface area contributed by atoms with Crippen molar-refractivity contribution in [1.29, 1.82) is 0 Å². The van der Waals surface area contributed by atoms with Gasteiger partial charge in [-0.25, -0.2) is 0 Å². The number of morpholine rings is 1. The summed E-state index contributed by atoms with van der Waals surface area (Å²) in [6.45, 7) is 4.10. The highest BCUT2D eigenvalue weighted by Gasteiger charge is 2.27. The number of benzene rings is 1. The molecule has 1 atom stereocenters. The molecular weight excluding hydrogens is 288 g/mol. The molecule has 2 heterocycles. The summed E-state index contributed by atoms with van der Waals surface area (Å²) in [7, 11) is 0. The number of rotatable bonds is 4. The second-order valence-corrected chi connectivity index (χ2v) is 6.35. The molecular formula is C15H20N2O3S. The standard InChI is InChI=1S/C15H20N2O3S/c18-13(9-16-5-7-20-8-6-16)10-17-15(19)14-4-2-1-3-12(14)11-21-17/h1-4,13,18H,5-11H2. The van der Waals surface area contributed by atoms with Crippen molar-refractivity contribution >= 4 is 17.9 Å². The van der Waals surface area contributed by atoms with Gasteiger partial charge in [-0.1, -0.05) is 18.2 Å². The molecule has 1 amide bonds. The molecule has 0 saturated carbocycles. The molecule has 0 spiro atoms. The van der Waals surface area contributed by atoms with Gasteiger partial charge < -0.3 is 9.84 Å². The maximum atomic E-state index is 12.4. The maximum absolute atomic E-state index is 12.4. The Balaban J connectivity index is 1.57. The Kier molecular flexibility index (Phi) is 4.80. The highest BCUT2D eigenvalue weighted by Crippen LogP contribution is 2.28. The minimum absolute atomic E-state index is 0.00266. The molecule has 1 aromatic carbocycles. The number of β-amino-alcohol motifs (C(OH)–C–C–N with tert-alkyl or cyclic N) is 1. The Morgan fingerprint density at radius 2 is 2.00 bits per heavy atom. The maximum Gasteiger partial charge on any atom is 0.264 e. The zero-order valence-corrected chi connectivity index (χ0v) is 12.7. The molecule has 1 aromatic rings. The number of carbonyl (C=O) groups is 1. The molecule has 1 N–H and O–H groups in total. The highest BCUT2D eigenvalue weighted by molar-refractivity contribution is 7.96. The van der Waals surface area contributed by atoms with E-state index in [1.54, 1.807) is 4.31 Å². The quantitative estimate of drug-likeness (QED) is 0.841. The predicted molar refractivity (Wildman–Crippen MR) is 82.0 cm³/mol. The largest absolute Gasteiger partial charge is 0.390 e. The van der Waals surface area contributed by atoms with Gasteiger partial charge >= 0.3 is 0 Å². The van der Waals surface area contributed by atoms with E-state index in [0.717, 1.165) is 43.2 Å². The summed E-state index contributed by atoms with van der Waals surface area (Å²) in [6.07, 6.45) is -0.523. The Morgan fingerprint density at radius 1 is 1.24 bits per heavy atom. The molecule has 3 rings (SSSR count). The fourth-order valence-corrected chi connectivity index (χ4v) is 3.70. The van der Waals surface area contributed by atoms with Crippen molar-refractivity contribution in [1.82, 2.24) is 9.21 Å². The first-order chi connectivity index (χ1) is 10.2. The van der Waals surface area contributed by atoms with Crippen LogP contribution in [0.1, 0.15) is 15.9 Å². The summed E-state index contributed by atoms with van der Waals surface area (Å²) in [6, 6.07) is 7.69. The second kappa shape index (κ2) is 6.79. The van der Waals surface area contributed by atoms with E-state index in [1.165, 1.54) is 11.9 Å². The molecule has 1 fully saturated rings. The van der Waals surface area contributed by atoms with Gasteiger partial charge in [0, 0.05) is 31.0 Å². The van der Waals surface area contributed by atoms with Crippen molar-refractivity contribution in [3.8, 4) is 0 Å². The van der Waals surface area contributed by atoms with Gasteiger partial charge in [-0.3, -0.25) is 14.0 Å². The lowest BCUT2D eigenvalue weighted by molar-refractivity contribution is 0.0118. The van der Waals surface area contributed by atoms with E-state index in [4.69, 9.17) is 4.74 Å². The minimum Gasteiger partial charge on any atom is -0.390 e. The third-order valence-corrected chi connectivity index (χ3v) is 4.87. The SMILES string of the molecule is O=C1c2ccccc2CSN1CC(O)CN1CCOCC1. The van der Waals surface area contributed by atoms with E-state index in [1.807, 2.05) is 24.3 Å². The average Bonchev–Trinajstić information content (AvgIpc) is 2.51. The van der Waals surface area contributed by atoms with Crippen LogP contribution < -0.4 is 0 Å². The molecule has 1 unspecified atom stereocenters. The van der Waals surface area contributed by atoms with Crippen LogP contribution in [-0.2, 0) is 10.5 Å². The zero-order valence-electron chi connectivity index (χ0n) is 11.9. The second-order valence-electron chi connectivity index (χ2n) is 5.36. The van der Waals surface area contributed by atoms with Gasteiger partial charge in [0.15, 0.2) is 0 Å². The lowest BCUT2D eigenvalue weighted by atomic mass is 10.1. The summed E-state index contributed by atoms with van der Waals surface area (Å²) < 4.78 is 6.98. The first kappa shape index (κ1) is 14.8. The molecule has 21 heavy (non-hydrogen) atoms. The third kappa shape index (κ3) is 3.58. The average molecular weight is 308 g/mol. The Labute approximate surface area is 129 Å². The molecule has 0 aliphatic carbocycles. The number of nitrogens with zero attached hydrogens (tertiary/aromatic N) is 2. The van der Waals surface area contributed by atoms with Gasteiger partial charge in [0.1, 0.15) is 0 Å². The lowest BCUT2D eigenvalue weighted by Gasteiger charge is -2.32. The van der Waals surface area contributed by atoms with Crippen molar-refractivity contribution in [2.45, 2.75) is 11.9 Å². The van der Waals surface area contributed by atoms with Gasteiger partial charge in [0.2, 0.25) is 0 Å². The summed E-state index contributed by atoms with van der Waals surface area (Å²) in [5.41, 5.74) is 1.83. The molecule has 5 nitrogen and oxygen atoms in total. The number of aliphatic hydroxyl groups excluding tert-OH is 1. The molecule has 0 radical (unpaired) electrons. The Morgan fingerprint density at radius 3 is 2.81 bits per heavy atom. The van der Waals surface area contributed by atoms with E-state index < -0.39 is 6.10 Å². The molecule has 1 saturated heterocycles. The van der Waals surface area contributed by atoms with Crippen molar-refractivity contribution in [2.75, 3.05) is 39.4 Å². The van der Waals surface area contributed by atoms with Gasteiger partial charge in [-0.05, 0) is 23.6 Å². The van der Waals surface area contributed by atoms with Crippen LogP contribution in [0.5, 0.6) is 0 Å². The van der Waals surface area contributed by atoms with Crippen LogP contribution in [0.2, 0.25) is 0 Å². The number of hydrogen-bond donors (Lipinski definition) is 1. The van der Waals surface area contributed by atoms with Crippen molar-refractivity contribution < 1.29 is 14.6 Å². The molecule has 0 bridgehead atoms. The molecule has 2 aliphatic heterocycles. The normalized spacial score (nSPS) is 21.2. The van der Waals surface area contributed by atoms with Crippen LogP contribution in [0.15, 0.2) is 24.3 Å². The van der Waals surface area contributed by atoms with Crippen LogP contribution in [0.25, 0.3) is 0 Å². The topological polar surface area (TPSA) is 53.0 Å². The molecule has 2 aliphatic rings. The van der Waals surface area contributed by atoms with E-state index in [0.29, 0.717) is 13.1 Å². The van der Waals surface area contributed by atoms with Crippen LogP contribution in [0, 0.1) is 0 Å². The van der Waals surface area contributed by atoms with E-state index in [-0.39, 0.29) is 5.91 Å². The summed E-state index contributed by atoms with van der Waals surface area (Å²) >= 11 is 1.48. The smallest absolute Gasteiger partial charge is 0.264 e. The fourth-order valence-electron chi connectivity index (χ4n) is 2.66. The molecule has 0 aromatic heterocycles. The summed E-state index contributed by atoms with van der Waals surface area (Å²) in [5.74, 6) is 0.787. The minimum atomic E-state index is -0.523. The van der Waals surface area contributed by atoms with Gasteiger partial charge in [-0.15, -0.1) is 0 Å². The van der Waals surface area contributed by atoms with Crippen molar-refractivity contribution in [2.24, 2.45) is 0 Å². The zero-order chi connectivity index (χ0) is 14.7. The van der Waals surface area contributed by atoms with Gasteiger partial charge in [-0.2, -0.15) is 0 Å². The van der Waals surface area contributed by atoms with Crippen molar-refractivity contribution in [3.63, 3.8) is 0 Å². The molecule has 114 valence electrons. The van der Waals surface area contributed by atoms with E-state index in [9.17, 15) is 9.90 Å². The number of fused-ring (bicyclic) bond motifs is 1. The van der Waals surface area contributed by atoms with Crippen LogP contribution in [0.3, 0.4) is 0 Å². The number of ether oxygens (including phenoxy) is 1. The monoisotopic (exact) mass is 308 g/mol. The van der Waals surface area contributed by atoms with Crippen LogP contribution in [0.4, 0.5) is 0 Å². The Bertz CT molecular complexity index is 505. The summed E-state index contributed by atoms with van der Waals surface area (Å²) in [4.78, 5) is 14.6. The van der Waals surface area contributed by atoms with Gasteiger partial charge in [0.25, 0.3) is 5.91 Å². The highest BCUT2D eigenvalue weighted by atomic mass is 32.2. The lowest BCUT2D eigenvalue weighted by Crippen LogP contribution is -2.45. The first-order valence-electron chi connectivity index (χ1n) is 7.25. The third-order valence-electron chi connectivity index (χ3n) is 3.80. The van der Waals surface area contributed by atoms with E-state index >= 15 is 0 Å². The first-order valence-corrected chi connectivity index (χ1v) is 8.19. The van der Waals surface area contributed by atoms with Crippen LogP contribution >= 0.6 is 11.9 Å². The van der Waals surface area contributed by atoms with E-state index in [2.05, 4.69) is 4.90 Å². The van der Waals surface area contributed by atoms with Crippen LogP contribution in [-0.4, -0.2) is 65.7 Å². The number of amides is 1. The summed E-state index contributed by atoms with van der Waals surface area (Å²) in [5, 5.41) is 10.2. The predicted octanol–water partition coefficient (Wildman–Crippen LogP) is 0.984. The van der Waals surface area contributed by atoms with Gasteiger partial charge in [0.05, 0.1) is 25.9 Å².